The molecular formula is C33H39N3O6S. The zero-order valence-electron chi connectivity index (χ0n) is 24.7. The van der Waals surface area contributed by atoms with E-state index in [2.05, 4.69) is 5.32 Å². The fourth-order valence-corrected chi connectivity index (χ4v) is 7.04. The standard InChI is InChI=1S/C33H39N3O6S/c1-3-29(33(38)34-26-9-7-8-10-26)35(22-25-15-13-24(2)14-16-25)32(37)23-36(43(39,40)28-11-5-4-6-12-28)27-17-18-30-31(21-27)42-20-19-41-30/h4-6,11-18,21,26,29H,3,7-10,19-20,22-23H2,1-2H3,(H,34,38)/t29-/m0/s1. The van der Waals surface area contributed by atoms with Gasteiger partial charge in [0.05, 0.1) is 10.6 Å². The van der Waals surface area contributed by atoms with Crippen molar-refractivity contribution in [3.8, 4) is 11.5 Å². The smallest absolute Gasteiger partial charge is 0.264 e. The molecule has 1 fully saturated rings. The maximum Gasteiger partial charge on any atom is 0.264 e. The molecule has 5 rings (SSSR count). The van der Waals surface area contributed by atoms with Gasteiger partial charge >= 0.3 is 0 Å². The molecule has 2 amide bonds. The van der Waals surface area contributed by atoms with Gasteiger partial charge in [0, 0.05) is 18.7 Å². The molecule has 0 aromatic heterocycles. The average molecular weight is 606 g/mol. The molecule has 10 heteroatoms. The van der Waals surface area contributed by atoms with Gasteiger partial charge in [-0.2, -0.15) is 0 Å². The van der Waals surface area contributed by atoms with E-state index in [1.54, 1.807) is 36.4 Å². The van der Waals surface area contributed by atoms with Crippen molar-refractivity contribution < 1.29 is 27.5 Å². The number of aryl methyl sites for hydroxylation is 1. The number of nitrogens with one attached hydrogen (secondary N) is 1. The van der Waals surface area contributed by atoms with Crippen LogP contribution >= 0.6 is 0 Å². The van der Waals surface area contributed by atoms with Gasteiger partial charge in [0.25, 0.3) is 10.0 Å². The summed E-state index contributed by atoms with van der Waals surface area (Å²) in [7, 11) is -4.17. The van der Waals surface area contributed by atoms with Crippen molar-refractivity contribution in [1.82, 2.24) is 10.2 Å². The lowest BCUT2D eigenvalue weighted by atomic mass is 10.1. The molecule has 1 aliphatic carbocycles. The van der Waals surface area contributed by atoms with Gasteiger partial charge in [0.2, 0.25) is 11.8 Å². The van der Waals surface area contributed by atoms with E-state index >= 15 is 0 Å². The number of benzene rings is 3. The molecule has 2 aliphatic rings. The van der Waals surface area contributed by atoms with Crippen LogP contribution in [0.4, 0.5) is 5.69 Å². The Bertz CT molecular complexity index is 1520. The summed E-state index contributed by atoms with van der Waals surface area (Å²) in [6.07, 6.45) is 4.35. The second-order valence-electron chi connectivity index (χ2n) is 11.1. The number of fused-ring (bicyclic) bond motifs is 1. The Morgan fingerprint density at radius 3 is 2.28 bits per heavy atom. The van der Waals surface area contributed by atoms with Gasteiger partial charge in [0.15, 0.2) is 11.5 Å². The van der Waals surface area contributed by atoms with Crippen molar-refractivity contribution in [2.45, 2.75) is 69.5 Å². The van der Waals surface area contributed by atoms with Crippen molar-refractivity contribution in [3.63, 3.8) is 0 Å². The minimum absolute atomic E-state index is 0.0498. The first kappa shape index (κ1) is 30.4. The van der Waals surface area contributed by atoms with Gasteiger partial charge in [0.1, 0.15) is 25.8 Å². The van der Waals surface area contributed by atoms with Crippen LogP contribution in [0, 0.1) is 6.92 Å². The van der Waals surface area contributed by atoms with E-state index in [4.69, 9.17) is 9.47 Å². The third-order valence-electron chi connectivity index (χ3n) is 7.98. The Kier molecular flexibility index (Phi) is 9.55. The van der Waals surface area contributed by atoms with Crippen molar-refractivity contribution >= 4 is 27.5 Å². The predicted molar refractivity (Wildman–Crippen MR) is 165 cm³/mol. The molecule has 228 valence electrons. The number of amides is 2. The van der Waals surface area contributed by atoms with Crippen LogP contribution in [0.5, 0.6) is 11.5 Å². The first-order valence-electron chi connectivity index (χ1n) is 14.9. The molecule has 1 atom stereocenters. The van der Waals surface area contributed by atoms with Crippen LogP contribution < -0.4 is 19.1 Å². The second-order valence-corrected chi connectivity index (χ2v) is 12.9. The number of carbonyl (C=O) groups is 2. The van der Waals surface area contributed by atoms with Crippen LogP contribution in [-0.2, 0) is 26.2 Å². The summed E-state index contributed by atoms with van der Waals surface area (Å²) < 4.78 is 40.6. The summed E-state index contributed by atoms with van der Waals surface area (Å²) in [5.41, 5.74) is 2.19. The quantitative estimate of drug-likeness (QED) is 0.336. The lowest BCUT2D eigenvalue weighted by molar-refractivity contribution is -0.140. The highest BCUT2D eigenvalue weighted by atomic mass is 32.2. The summed E-state index contributed by atoms with van der Waals surface area (Å²) in [5.74, 6) is 0.215. The molecule has 1 aliphatic heterocycles. The van der Waals surface area contributed by atoms with Gasteiger partial charge in [-0.3, -0.25) is 13.9 Å². The topological polar surface area (TPSA) is 105 Å². The van der Waals surface area contributed by atoms with E-state index in [9.17, 15) is 18.0 Å². The van der Waals surface area contributed by atoms with Crippen LogP contribution in [0.1, 0.15) is 50.2 Å². The third kappa shape index (κ3) is 7.13. The summed E-state index contributed by atoms with van der Waals surface area (Å²) >= 11 is 0. The van der Waals surface area contributed by atoms with Gasteiger partial charge in [-0.05, 0) is 56.0 Å². The average Bonchev–Trinajstić information content (AvgIpc) is 3.53. The molecule has 0 radical (unpaired) electrons. The molecule has 0 saturated heterocycles. The monoisotopic (exact) mass is 605 g/mol. The molecule has 3 aromatic carbocycles. The van der Waals surface area contributed by atoms with Crippen LogP contribution in [0.3, 0.4) is 0 Å². The molecule has 0 spiro atoms. The number of nitrogens with zero attached hydrogens (tertiary/aromatic N) is 2. The molecule has 1 heterocycles. The van der Waals surface area contributed by atoms with Gasteiger partial charge < -0.3 is 19.7 Å². The minimum atomic E-state index is -4.17. The van der Waals surface area contributed by atoms with E-state index in [1.165, 1.54) is 17.0 Å². The molecule has 0 bridgehead atoms. The molecule has 1 N–H and O–H groups in total. The van der Waals surface area contributed by atoms with Gasteiger partial charge in [-0.15, -0.1) is 0 Å². The Balaban J connectivity index is 1.51. The zero-order valence-corrected chi connectivity index (χ0v) is 25.5. The number of hydrogen-bond acceptors (Lipinski definition) is 6. The van der Waals surface area contributed by atoms with E-state index < -0.39 is 28.5 Å². The lowest BCUT2D eigenvalue weighted by Gasteiger charge is -2.34. The van der Waals surface area contributed by atoms with Crippen LogP contribution in [-0.4, -0.2) is 57.0 Å². The largest absolute Gasteiger partial charge is 0.486 e. The highest BCUT2D eigenvalue weighted by Gasteiger charge is 2.35. The Morgan fingerprint density at radius 2 is 1.60 bits per heavy atom. The molecule has 3 aromatic rings. The maximum absolute atomic E-state index is 14.3. The van der Waals surface area contributed by atoms with Crippen molar-refractivity contribution in [2.75, 3.05) is 24.1 Å². The van der Waals surface area contributed by atoms with Crippen LogP contribution in [0.2, 0.25) is 0 Å². The summed E-state index contributed by atoms with van der Waals surface area (Å²) in [5, 5.41) is 3.14. The van der Waals surface area contributed by atoms with Gasteiger partial charge in [-0.25, -0.2) is 8.42 Å². The summed E-state index contributed by atoms with van der Waals surface area (Å²) in [6, 6.07) is 19.9. The van der Waals surface area contributed by atoms with Gasteiger partial charge in [-0.1, -0.05) is 67.8 Å². The van der Waals surface area contributed by atoms with E-state index in [-0.39, 0.29) is 29.1 Å². The SMILES string of the molecule is CC[C@@H](C(=O)NC1CCCC1)N(Cc1ccc(C)cc1)C(=O)CN(c1ccc2c(c1)OCCO2)S(=O)(=O)c1ccccc1. The Labute approximate surface area is 253 Å². The normalized spacial score (nSPS) is 15.5. The number of anilines is 1. The number of hydrogen-bond donors (Lipinski definition) is 1. The molecule has 1 saturated carbocycles. The fraction of sp³-hybridized carbons (Fsp3) is 0.394. The van der Waals surface area contributed by atoms with E-state index in [1.807, 2.05) is 38.1 Å². The fourth-order valence-electron chi connectivity index (χ4n) is 5.61. The van der Waals surface area contributed by atoms with Crippen molar-refractivity contribution in [2.24, 2.45) is 0 Å². The van der Waals surface area contributed by atoms with E-state index in [0.717, 1.165) is 41.1 Å². The van der Waals surface area contributed by atoms with Crippen LogP contribution in [0.15, 0.2) is 77.7 Å². The Morgan fingerprint density at radius 1 is 0.930 bits per heavy atom. The molecule has 9 nitrogen and oxygen atoms in total. The number of ether oxygens (including phenoxy) is 2. The van der Waals surface area contributed by atoms with E-state index in [0.29, 0.717) is 31.1 Å². The van der Waals surface area contributed by atoms with Crippen molar-refractivity contribution in [1.29, 1.82) is 0 Å². The first-order valence-corrected chi connectivity index (χ1v) is 16.3. The highest BCUT2D eigenvalue weighted by Crippen LogP contribution is 2.36. The number of rotatable bonds is 11. The van der Waals surface area contributed by atoms with Crippen LogP contribution in [0.25, 0.3) is 0 Å². The number of carbonyl (C=O) groups excluding carboxylic acids is 2. The number of sulfonamides is 1. The third-order valence-corrected chi connectivity index (χ3v) is 9.77. The Hall–Kier alpha value is -4.05. The molecular weight excluding hydrogens is 566 g/mol. The second kappa shape index (κ2) is 13.5. The summed E-state index contributed by atoms with van der Waals surface area (Å²) in [4.78, 5) is 29.4. The van der Waals surface area contributed by atoms with Crippen molar-refractivity contribution in [3.05, 3.63) is 83.9 Å². The summed E-state index contributed by atoms with van der Waals surface area (Å²) in [6.45, 7) is 4.24. The highest BCUT2D eigenvalue weighted by molar-refractivity contribution is 7.92. The first-order chi connectivity index (χ1) is 20.8. The lowest BCUT2D eigenvalue weighted by Crippen LogP contribution is -2.53. The molecule has 0 unspecified atom stereocenters. The molecule has 43 heavy (non-hydrogen) atoms. The maximum atomic E-state index is 14.3. The minimum Gasteiger partial charge on any atom is -0.486 e. The predicted octanol–water partition coefficient (Wildman–Crippen LogP) is 4.83. The zero-order chi connectivity index (χ0) is 30.4.